The standard InChI is InChI=1S/C29H29FN2O6S/c1-5-22-25(28(36)37-6-2)26(20-11-13-21(30)14-12-20)32-29(31-22)39-16-18-7-9-19(10-8-18)23(33)15-24(34)27(35)38-17(3)4/h7-15,17,33H,5-6,16H2,1-4H3. The summed E-state index contributed by atoms with van der Waals surface area (Å²) in [5, 5.41) is 10.7. The predicted octanol–water partition coefficient (Wildman–Crippen LogP) is 5.73. The highest BCUT2D eigenvalue weighted by atomic mass is 32.2. The van der Waals surface area contributed by atoms with Crippen LogP contribution in [0, 0.1) is 5.82 Å². The number of carbonyl (C=O) groups is 3. The summed E-state index contributed by atoms with van der Waals surface area (Å²) in [5.74, 6) is -2.81. The third kappa shape index (κ3) is 7.97. The highest BCUT2D eigenvalue weighted by molar-refractivity contribution is 7.98. The number of nitrogens with zero attached hydrogens (tertiary/aromatic N) is 2. The molecular formula is C29H29FN2O6S. The second kappa shape index (κ2) is 13.7. The van der Waals surface area contributed by atoms with Crippen molar-refractivity contribution in [1.82, 2.24) is 9.97 Å². The van der Waals surface area contributed by atoms with E-state index in [1.807, 2.05) is 6.92 Å². The number of hydrogen-bond donors (Lipinski definition) is 1. The van der Waals surface area contributed by atoms with Gasteiger partial charge in [0.2, 0.25) is 0 Å². The second-order valence-electron chi connectivity index (χ2n) is 8.59. The topological polar surface area (TPSA) is 116 Å². The first-order chi connectivity index (χ1) is 18.6. The fraction of sp³-hybridized carbons (Fsp3) is 0.276. The van der Waals surface area contributed by atoms with Crippen LogP contribution in [-0.2, 0) is 31.2 Å². The first kappa shape index (κ1) is 29.5. The van der Waals surface area contributed by atoms with Crippen molar-refractivity contribution in [3.8, 4) is 11.3 Å². The van der Waals surface area contributed by atoms with Gasteiger partial charge in [0.05, 0.1) is 24.1 Å². The first-order valence-corrected chi connectivity index (χ1v) is 13.3. The number of rotatable bonds is 11. The van der Waals surface area contributed by atoms with Gasteiger partial charge in [-0.25, -0.2) is 23.9 Å². The smallest absolute Gasteiger partial charge is 0.379 e. The van der Waals surface area contributed by atoms with Crippen molar-refractivity contribution >= 4 is 35.2 Å². The molecule has 3 rings (SSSR count). The molecule has 10 heteroatoms. The van der Waals surface area contributed by atoms with Gasteiger partial charge in [0, 0.05) is 23.0 Å². The van der Waals surface area contributed by atoms with E-state index in [1.165, 1.54) is 23.9 Å². The molecule has 8 nitrogen and oxygen atoms in total. The van der Waals surface area contributed by atoms with Gasteiger partial charge in [-0.3, -0.25) is 4.79 Å². The van der Waals surface area contributed by atoms with Gasteiger partial charge >= 0.3 is 11.9 Å². The molecule has 0 atom stereocenters. The highest BCUT2D eigenvalue weighted by Gasteiger charge is 2.23. The summed E-state index contributed by atoms with van der Waals surface area (Å²) >= 11 is 1.34. The SMILES string of the molecule is CCOC(=O)c1c(CC)nc(SCc2ccc(C(O)=CC(=O)C(=O)OC(C)C)cc2)nc1-c1ccc(F)cc1. The highest BCUT2D eigenvalue weighted by Crippen LogP contribution is 2.29. The summed E-state index contributed by atoms with van der Waals surface area (Å²) in [5.41, 5.74) is 2.95. The van der Waals surface area contributed by atoms with Crippen LogP contribution in [0.15, 0.2) is 59.8 Å². The number of aryl methyl sites for hydroxylation is 1. The molecule has 1 aromatic heterocycles. The molecule has 0 fully saturated rings. The number of ketones is 1. The summed E-state index contributed by atoms with van der Waals surface area (Å²) in [7, 11) is 0. The van der Waals surface area contributed by atoms with E-state index in [4.69, 9.17) is 9.47 Å². The van der Waals surface area contributed by atoms with Crippen LogP contribution in [0.3, 0.4) is 0 Å². The summed E-state index contributed by atoms with van der Waals surface area (Å²) in [6, 6.07) is 12.5. The second-order valence-corrected chi connectivity index (χ2v) is 9.53. The van der Waals surface area contributed by atoms with Gasteiger partial charge < -0.3 is 14.6 Å². The van der Waals surface area contributed by atoms with Crippen molar-refractivity contribution in [3.63, 3.8) is 0 Å². The maximum Gasteiger partial charge on any atom is 0.379 e. The molecule has 0 unspecified atom stereocenters. The maximum atomic E-state index is 13.6. The van der Waals surface area contributed by atoms with Gasteiger partial charge in [-0.2, -0.15) is 0 Å². The lowest BCUT2D eigenvalue weighted by molar-refractivity contribution is -0.154. The Balaban J connectivity index is 1.82. The van der Waals surface area contributed by atoms with E-state index >= 15 is 0 Å². The molecule has 39 heavy (non-hydrogen) atoms. The van der Waals surface area contributed by atoms with E-state index in [0.29, 0.717) is 39.8 Å². The van der Waals surface area contributed by atoms with Gasteiger partial charge in [-0.1, -0.05) is 43.0 Å². The minimum Gasteiger partial charge on any atom is -0.507 e. The van der Waals surface area contributed by atoms with E-state index in [1.54, 1.807) is 57.2 Å². The Labute approximate surface area is 230 Å². The van der Waals surface area contributed by atoms with Crippen LogP contribution in [-0.4, -0.2) is 45.5 Å². The fourth-order valence-electron chi connectivity index (χ4n) is 3.50. The molecule has 0 saturated carbocycles. The molecule has 204 valence electrons. The number of carbonyl (C=O) groups excluding carboxylic acids is 3. The number of aromatic nitrogens is 2. The zero-order valence-corrected chi connectivity index (χ0v) is 22.9. The molecule has 1 N–H and O–H groups in total. The van der Waals surface area contributed by atoms with Crippen LogP contribution in [0.4, 0.5) is 4.39 Å². The number of thioether (sulfide) groups is 1. The summed E-state index contributed by atoms with van der Waals surface area (Å²) in [4.78, 5) is 45.5. The van der Waals surface area contributed by atoms with E-state index in [9.17, 15) is 23.9 Å². The van der Waals surface area contributed by atoms with Crippen molar-refractivity contribution in [2.75, 3.05) is 6.61 Å². The Bertz CT molecular complexity index is 1370. The number of aliphatic hydroxyl groups is 1. The zero-order valence-electron chi connectivity index (χ0n) is 22.1. The van der Waals surface area contributed by atoms with Crippen LogP contribution < -0.4 is 0 Å². The van der Waals surface area contributed by atoms with Gasteiger partial charge in [-0.15, -0.1) is 0 Å². The largest absolute Gasteiger partial charge is 0.507 e. The van der Waals surface area contributed by atoms with Crippen molar-refractivity contribution < 1.29 is 33.4 Å². The van der Waals surface area contributed by atoms with Crippen LogP contribution in [0.2, 0.25) is 0 Å². The molecule has 0 aliphatic rings. The maximum absolute atomic E-state index is 13.6. The van der Waals surface area contributed by atoms with Crippen LogP contribution >= 0.6 is 11.8 Å². The minimum atomic E-state index is -1.04. The first-order valence-electron chi connectivity index (χ1n) is 12.3. The molecule has 0 saturated heterocycles. The number of aliphatic hydroxyl groups excluding tert-OH is 1. The number of benzene rings is 2. The van der Waals surface area contributed by atoms with Crippen molar-refractivity contribution in [3.05, 3.63) is 82.8 Å². The van der Waals surface area contributed by atoms with E-state index in [2.05, 4.69) is 9.97 Å². The Morgan fingerprint density at radius 3 is 2.28 bits per heavy atom. The summed E-state index contributed by atoms with van der Waals surface area (Å²) in [6.07, 6.45) is 0.845. The molecule has 0 radical (unpaired) electrons. The van der Waals surface area contributed by atoms with Crippen molar-refractivity contribution in [2.45, 2.75) is 51.1 Å². The molecule has 0 amide bonds. The zero-order chi connectivity index (χ0) is 28.5. The summed E-state index contributed by atoms with van der Waals surface area (Å²) in [6.45, 7) is 7.03. The number of hydrogen-bond acceptors (Lipinski definition) is 9. The lowest BCUT2D eigenvalue weighted by atomic mass is 10.0. The number of esters is 2. The normalized spacial score (nSPS) is 11.4. The average molecular weight is 553 g/mol. The quantitative estimate of drug-likeness (QED) is 0.0794. The molecule has 2 aromatic carbocycles. The number of halogens is 1. The van der Waals surface area contributed by atoms with Crippen LogP contribution in [0.1, 0.15) is 54.9 Å². The van der Waals surface area contributed by atoms with Crippen LogP contribution in [0.25, 0.3) is 17.0 Å². The van der Waals surface area contributed by atoms with Crippen molar-refractivity contribution in [1.29, 1.82) is 0 Å². The van der Waals surface area contributed by atoms with Crippen molar-refractivity contribution in [2.24, 2.45) is 0 Å². The third-order valence-corrected chi connectivity index (χ3v) is 6.24. The Kier molecular flexibility index (Phi) is 10.3. The lowest BCUT2D eigenvalue weighted by Crippen LogP contribution is -2.19. The Hall–Kier alpha value is -4.05. The lowest BCUT2D eigenvalue weighted by Gasteiger charge is -2.14. The summed E-state index contributed by atoms with van der Waals surface area (Å²) < 4.78 is 23.6. The molecule has 3 aromatic rings. The van der Waals surface area contributed by atoms with E-state index in [-0.39, 0.29) is 17.9 Å². The minimum absolute atomic E-state index is 0.193. The fourth-order valence-corrected chi connectivity index (χ4v) is 4.32. The Morgan fingerprint density at radius 1 is 1.03 bits per heavy atom. The average Bonchev–Trinajstić information content (AvgIpc) is 2.91. The molecule has 0 aliphatic carbocycles. The van der Waals surface area contributed by atoms with Gasteiger partial charge in [0.1, 0.15) is 17.1 Å². The van der Waals surface area contributed by atoms with Gasteiger partial charge in [0.15, 0.2) is 5.16 Å². The molecule has 0 aliphatic heterocycles. The van der Waals surface area contributed by atoms with Crippen LogP contribution in [0.5, 0.6) is 0 Å². The van der Waals surface area contributed by atoms with E-state index in [0.717, 1.165) is 11.6 Å². The molecule has 0 spiro atoms. The third-order valence-electron chi connectivity index (χ3n) is 5.32. The molecule has 0 bridgehead atoms. The monoisotopic (exact) mass is 552 g/mol. The van der Waals surface area contributed by atoms with Gasteiger partial charge in [0.25, 0.3) is 5.78 Å². The predicted molar refractivity (Wildman–Crippen MR) is 146 cm³/mol. The van der Waals surface area contributed by atoms with Gasteiger partial charge in [-0.05, 0) is 57.0 Å². The molecular weight excluding hydrogens is 523 g/mol. The number of ether oxygens (including phenoxy) is 2. The Morgan fingerprint density at radius 2 is 1.69 bits per heavy atom. The molecule has 1 heterocycles. The van der Waals surface area contributed by atoms with E-state index < -0.39 is 29.6 Å².